The summed E-state index contributed by atoms with van der Waals surface area (Å²) in [6.07, 6.45) is 5.77. The molecule has 92 valence electrons. The predicted molar refractivity (Wildman–Crippen MR) is 63.4 cm³/mol. The first-order valence-corrected chi connectivity index (χ1v) is 6.57. The second-order valence-electron chi connectivity index (χ2n) is 5.57. The number of rotatable bonds is 4. The van der Waals surface area contributed by atoms with Gasteiger partial charge in [-0.25, -0.2) is 0 Å². The van der Waals surface area contributed by atoms with Crippen molar-refractivity contribution < 1.29 is 9.90 Å². The zero-order valence-corrected chi connectivity index (χ0v) is 10.4. The lowest BCUT2D eigenvalue weighted by Crippen LogP contribution is -2.56. The highest BCUT2D eigenvalue weighted by atomic mass is 16.4. The van der Waals surface area contributed by atoms with Gasteiger partial charge in [-0.15, -0.1) is 0 Å². The molecule has 16 heavy (non-hydrogen) atoms. The average Bonchev–Trinajstić information content (AvgIpc) is 3.12. The molecule has 1 saturated carbocycles. The van der Waals surface area contributed by atoms with Crippen LogP contribution in [0, 0.1) is 11.8 Å². The van der Waals surface area contributed by atoms with Crippen LogP contribution in [-0.2, 0) is 4.79 Å². The molecular weight excluding hydrogens is 202 g/mol. The number of carbonyl (C=O) groups is 1. The normalized spacial score (nSPS) is 27.6. The van der Waals surface area contributed by atoms with Crippen LogP contribution in [0.4, 0.5) is 0 Å². The van der Waals surface area contributed by atoms with E-state index >= 15 is 0 Å². The Balaban J connectivity index is 2.02. The molecule has 2 rings (SSSR count). The number of nitrogens with zero attached hydrogens (tertiary/aromatic N) is 1. The van der Waals surface area contributed by atoms with E-state index in [0.717, 1.165) is 31.8 Å². The lowest BCUT2D eigenvalue weighted by molar-refractivity contribution is -0.153. The van der Waals surface area contributed by atoms with Crippen LogP contribution in [-0.4, -0.2) is 34.6 Å². The third kappa shape index (κ3) is 1.97. The fourth-order valence-corrected chi connectivity index (χ4v) is 3.02. The fourth-order valence-electron chi connectivity index (χ4n) is 3.02. The predicted octanol–water partition coefficient (Wildman–Crippen LogP) is 2.36. The molecular formula is C13H23NO2. The molecule has 1 N–H and O–H groups in total. The van der Waals surface area contributed by atoms with E-state index in [1.54, 1.807) is 0 Å². The van der Waals surface area contributed by atoms with Gasteiger partial charge < -0.3 is 5.11 Å². The first-order valence-electron chi connectivity index (χ1n) is 6.57. The van der Waals surface area contributed by atoms with E-state index in [1.165, 1.54) is 19.3 Å². The van der Waals surface area contributed by atoms with Gasteiger partial charge in [0.05, 0.1) is 0 Å². The third-order valence-corrected chi connectivity index (χ3v) is 4.65. The van der Waals surface area contributed by atoms with Gasteiger partial charge in [0.25, 0.3) is 0 Å². The Hall–Kier alpha value is -0.570. The van der Waals surface area contributed by atoms with E-state index in [-0.39, 0.29) is 0 Å². The van der Waals surface area contributed by atoms with Gasteiger partial charge in [-0.1, -0.05) is 13.3 Å². The highest BCUT2D eigenvalue weighted by Gasteiger charge is 2.51. The first kappa shape index (κ1) is 11.9. The molecule has 2 aliphatic rings. The van der Waals surface area contributed by atoms with E-state index in [4.69, 9.17) is 0 Å². The van der Waals surface area contributed by atoms with Gasteiger partial charge in [0.15, 0.2) is 0 Å². The van der Waals surface area contributed by atoms with Crippen LogP contribution in [0.2, 0.25) is 0 Å². The Labute approximate surface area is 97.8 Å². The van der Waals surface area contributed by atoms with Crippen molar-refractivity contribution in [2.45, 2.75) is 51.5 Å². The summed E-state index contributed by atoms with van der Waals surface area (Å²) in [5, 5.41) is 9.48. The van der Waals surface area contributed by atoms with Gasteiger partial charge >= 0.3 is 5.97 Å². The molecule has 3 nitrogen and oxygen atoms in total. The van der Waals surface area contributed by atoms with Crippen molar-refractivity contribution in [2.24, 2.45) is 11.8 Å². The summed E-state index contributed by atoms with van der Waals surface area (Å²) >= 11 is 0. The molecule has 1 atom stereocenters. The van der Waals surface area contributed by atoms with Crippen molar-refractivity contribution in [3.63, 3.8) is 0 Å². The Morgan fingerprint density at radius 2 is 1.88 bits per heavy atom. The number of hydrogen-bond acceptors (Lipinski definition) is 2. The van der Waals surface area contributed by atoms with Gasteiger partial charge in [0.2, 0.25) is 0 Å². The summed E-state index contributed by atoms with van der Waals surface area (Å²) < 4.78 is 0. The van der Waals surface area contributed by atoms with E-state index < -0.39 is 11.5 Å². The monoisotopic (exact) mass is 225 g/mol. The first-order chi connectivity index (χ1) is 7.59. The highest BCUT2D eigenvalue weighted by molar-refractivity contribution is 5.79. The topological polar surface area (TPSA) is 40.5 Å². The van der Waals surface area contributed by atoms with Crippen LogP contribution in [0.1, 0.15) is 46.0 Å². The Morgan fingerprint density at radius 3 is 2.25 bits per heavy atom. The molecule has 0 aromatic heterocycles. The SMILES string of the molecule is CCC1CCN(C(C)(C(=O)O)C2CC2)CC1. The number of carboxylic acid groups (broad SMARTS) is 1. The number of likely N-dealkylation sites (tertiary alicyclic amines) is 1. The minimum atomic E-state index is -0.620. The molecule has 0 radical (unpaired) electrons. The Kier molecular flexibility index (Phi) is 3.24. The Morgan fingerprint density at radius 1 is 1.31 bits per heavy atom. The van der Waals surface area contributed by atoms with Gasteiger partial charge in [0.1, 0.15) is 5.54 Å². The third-order valence-electron chi connectivity index (χ3n) is 4.65. The van der Waals surface area contributed by atoms with Crippen molar-refractivity contribution in [3.05, 3.63) is 0 Å². The molecule has 3 heteroatoms. The number of carboxylic acids is 1. The van der Waals surface area contributed by atoms with Gasteiger partial charge in [-0.2, -0.15) is 0 Å². The second-order valence-corrected chi connectivity index (χ2v) is 5.57. The lowest BCUT2D eigenvalue weighted by Gasteiger charge is -2.42. The van der Waals surface area contributed by atoms with Crippen LogP contribution in [0.5, 0.6) is 0 Å². The van der Waals surface area contributed by atoms with Gasteiger partial charge in [-0.05, 0) is 57.5 Å². The van der Waals surface area contributed by atoms with Crippen LogP contribution in [0.25, 0.3) is 0 Å². The van der Waals surface area contributed by atoms with Crippen molar-refractivity contribution in [1.82, 2.24) is 4.90 Å². The zero-order valence-electron chi connectivity index (χ0n) is 10.4. The number of hydrogen-bond donors (Lipinski definition) is 1. The maximum Gasteiger partial charge on any atom is 0.324 e. The molecule has 1 unspecified atom stereocenters. The van der Waals surface area contributed by atoms with Crippen molar-refractivity contribution in [3.8, 4) is 0 Å². The van der Waals surface area contributed by atoms with Crippen molar-refractivity contribution in [2.75, 3.05) is 13.1 Å². The van der Waals surface area contributed by atoms with Crippen LogP contribution in [0.15, 0.2) is 0 Å². The largest absolute Gasteiger partial charge is 0.480 e. The fraction of sp³-hybridized carbons (Fsp3) is 0.923. The van der Waals surface area contributed by atoms with Crippen LogP contribution < -0.4 is 0 Å². The summed E-state index contributed by atoms with van der Waals surface area (Å²) in [6.45, 7) is 6.10. The van der Waals surface area contributed by atoms with Gasteiger partial charge in [-0.3, -0.25) is 9.69 Å². The van der Waals surface area contributed by atoms with Crippen molar-refractivity contribution in [1.29, 1.82) is 0 Å². The minimum absolute atomic E-state index is 0.392. The van der Waals surface area contributed by atoms with E-state index in [1.807, 2.05) is 6.92 Å². The second kappa shape index (κ2) is 4.36. The van der Waals surface area contributed by atoms with E-state index in [2.05, 4.69) is 11.8 Å². The lowest BCUT2D eigenvalue weighted by atomic mass is 9.87. The smallest absolute Gasteiger partial charge is 0.324 e. The molecule has 2 fully saturated rings. The summed E-state index contributed by atoms with van der Waals surface area (Å²) in [5.74, 6) is 0.585. The minimum Gasteiger partial charge on any atom is -0.480 e. The molecule has 1 heterocycles. The quantitative estimate of drug-likeness (QED) is 0.798. The number of aliphatic carboxylic acids is 1. The molecule has 1 aliphatic heterocycles. The maximum atomic E-state index is 11.5. The summed E-state index contributed by atoms with van der Waals surface area (Å²) in [5.41, 5.74) is -0.585. The molecule has 0 spiro atoms. The summed E-state index contributed by atoms with van der Waals surface area (Å²) in [6, 6.07) is 0. The van der Waals surface area contributed by atoms with Gasteiger partial charge in [0, 0.05) is 0 Å². The zero-order chi connectivity index (χ0) is 11.8. The molecule has 1 aliphatic carbocycles. The maximum absolute atomic E-state index is 11.5. The van der Waals surface area contributed by atoms with Crippen LogP contribution >= 0.6 is 0 Å². The molecule has 0 aromatic rings. The Bertz CT molecular complexity index is 267. The summed E-state index contributed by atoms with van der Waals surface area (Å²) in [7, 11) is 0. The molecule has 0 aromatic carbocycles. The standard InChI is InChI=1S/C13H23NO2/c1-3-10-6-8-14(9-7-10)13(2,12(15)16)11-4-5-11/h10-11H,3-9H2,1-2H3,(H,15,16). The van der Waals surface area contributed by atoms with E-state index in [9.17, 15) is 9.90 Å². The van der Waals surface area contributed by atoms with Crippen molar-refractivity contribution >= 4 is 5.97 Å². The molecule has 0 amide bonds. The number of piperidine rings is 1. The van der Waals surface area contributed by atoms with E-state index in [0.29, 0.717) is 5.92 Å². The highest BCUT2D eigenvalue weighted by Crippen LogP contribution is 2.44. The van der Waals surface area contributed by atoms with Crippen LogP contribution in [0.3, 0.4) is 0 Å². The average molecular weight is 225 g/mol. The molecule has 1 saturated heterocycles. The summed E-state index contributed by atoms with van der Waals surface area (Å²) in [4.78, 5) is 13.7. The molecule has 0 bridgehead atoms.